The van der Waals surface area contributed by atoms with Crippen molar-refractivity contribution in [2.24, 2.45) is 16.7 Å². The van der Waals surface area contributed by atoms with Gasteiger partial charge in [0.05, 0.1) is 0 Å². The van der Waals surface area contributed by atoms with Gasteiger partial charge in [-0.05, 0) is 24.2 Å². The highest BCUT2D eigenvalue weighted by atomic mass is 16.8. The van der Waals surface area contributed by atoms with E-state index in [1.807, 2.05) is 6.92 Å². The Bertz CT molecular complexity index is 462. The minimum absolute atomic E-state index is 0.0521. The van der Waals surface area contributed by atoms with E-state index in [9.17, 15) is 19.8 Å². The second-order valence-corrected chi connectivity index (χ2v) is 7.00. The number of hydrogen-bond donors (Lipinski definition) is 2. The molecule has 1 aliphatic heterocycles. The Balaban J connectivity index is 2.00. The van der Waals surface area contributed by atoms with E-state index in [1.54, 1.807) is 0 Å². The van der Waals surface area contributed by atoms with Crippen LogP contribution in [0.25, 0.3) is 0 Å². The van der Waals surface area contributed by atoms with Gasteiger partial charge < -0.3 is 19.7 Å². The molecule has 6 nitrogen and oxygen atoms in total. The highest BCUT2D eigenvalue weighted by Crippen LogP contribution is 2.72. The van der Waals surface area contributed by atoms with Crippen LogP contribution < -0.4 is 0 Å². The third-order valence-electron chi connectivity index (χ3n) is 6.19. The van der Waals surface area contributed by atoms with Crippen molar-refractivity contribution in [3.63, 3.8) is 0 Å². The van der Waals surface area contributed by atoms with Crippen molar-refractivity contribution in [2.75, 3.05) is 0 Å². The lowest BCUT2D eigenvalue weighted by Crippen LogP contribution is -2.49. The molecule has 112 valence electrons. The molecule has 2 aliphatic carbocycles. The van der Waals surface area contributed by atoms with Crippen LogP contribution in [-0.4, -0.2) is 40.1 Å². The Morgan fingerprint density at radius 1 is 1.05 bits per heavy atom. The van der Waals surface area contributed by atoms with Gasteiger partial charge in [-0.2, -0.15) is 0 Å². The van der Waals surface area contributed by atoms with Gasteiger partial charge in [0.1, 0.15) is 0 Å². The highest BCUT2D eigenvalue weighted by Gasteiger charge is 2.74. The van der Waals surface area contributed by atoms with Crippen molar-refractivity contribution in [1.82, 2.24) is 0 Å². The first-order chi connectivity index (χ1) is 9.15. The summed E-state index contributed by atoms with van der Waals surface area (Å²) in [6.45, 7) is 6.30. The maximum absolute atomic E-state index is 11.3. The molecule has 1 saturated heterocycles. The van der Waals surface area contributed by atoms with Crippen LogP contribution in [0.1, 0.15) is 40.0 Å². The van der Waals surface area contributed by atoms with Crippen molar-refractivity contribution in [3.05, 3.63) is 0 Å². The molecule has 6 heteroatoms. The summed E-state index contributed by atoms with van der Waals surface area (Å²) < 4.78 is 11.4. The fourth-order valence-electron chi connectivity index (χ4n) is 4.46. The van der Waals surface area contributed by atoms with Crippen molar-refractivity contribution < 1.29 is 29.3 Å². The predicted octanol–water partition coefficient (Wildman–Crippen LogP) is 1.48. The van der Waals surface area contributed by atoms with Gasteiger partial charge in [-0.25, -0.2) is 9.59 Å². The second-order valence-electron chi connectivity index (χ2n) is 7.00. The first-order valence-electron chi connectivity index (χ1n) is 6.96. The van der Waals surface area contributed by atoms with Crippen molar-refractivity contribution in [3.8, 4) is 0 Å². The lowest BCUT2D eigenvalue weighted by molar-refractivity contribution is -0.251. The maximum atomic E-state index is 11.3. The Morgan fingerprint density at radius 3 is 1.85 bits per heavy atom. The van der Waals surface area contributed by atoms with E-state index in [1.165, 1.54) is 0 Å². The SMILES string of the molecule is CC1(C)[C@H]2CCC1(C)C1(C2)O[C@@H](C(=O)O)[C@H](C(=O)O)O1. The van der Waals surface area contributed by atoms with Crippen LogP contribution in [0.15, 0.2) is 0 Å². The summed E-state index contributed by atoms with van der Waals surface area (Å²) in [5, 5.41) is 18.4. The molecule has 1 heterocycles. The summed E-state index contributed by atoms with van der Waals surface area (Å²) in [6.07, 6.45) is -0.375. The van der Waals surface area contributed by atoms with E-state index < -0.39 is 29.9 Å². The minimum Gasteiger partial charge on any atom is -0.479 e. The van der Waals surface area contributed by atoms with Crippen molar-refractivity contribution in [1.29, 1.82) is 0 Å². The van der Waals surface area contributed by atoms with Gasteiger partial charge in [-0.3, -0.25) is 0 Å². The molecule has 3 aliphatic rings. The highest BCUT2D eigenvalue weighted by molar-refractivity contribution is 5.84. The molecule has 0 aromatic heterocycles. The number of fused-ring (bicyclic) bond motifs is 3. The summed E-state index contributed by atoms with van der Waals surface area (Å²) >= 11 is 0. The number of aliphatic carboxylic acids is 2. The number of carboxylic acids is 2. The monoisotopic (exact) mass is 284 g/mol. The number of ether oxygens (including phenoxy) is 2. The largest absolute Gasteiger partial charge is 0.479 e. The van der Waals surface area contributed by atoms with E-state index in [-0.39, 0.29) is 10.8 Å². The standard InChI is InChI=1S/C14H20O6/c1-12(2)7-4-5-13(12,3)14(6-7)19-8(10(15)16)9(20-14)11(17)18/h7-9H,4-6H2,1-3H3,(H,15,16)(H,17,18)/t7-,8+,9+,13?/m0/s1. The first kappa shape index (κ1) is 13.8. The minimum atomic E-state index is -1.43. The second kappa shape index (κ2) is 3.74. The quantitative estimate of drug-likeness (QED) is 0.798. The molecule has 0 amide bonds. The van der Waals surface area contributed by atoms with Crippen molar-refractivity contribution in [2.45, 2.75) is 58.0 Å². The number of hydrogen-bond acceptors (Lipinski definition) is 4. The lowest BCUT2D eigenvalue weighted by Gasteiger charge is -2.44. The third-order valence-corrected chi connectivity index (χ3v) is 6.19. The van der Waals surface area contributed by atoms with E-state index in [0.29, 0.717) is 12.3 Å². The van der Waals surface area contributed by atoms with E-state index in [4.69, 9.17) is 9.47 Å². The number of carboxylic acid groups (broad SMARTS) is 2. The topological polar surface area (TPSA) is 93.1 Å². The molecule has 0 aromatic rings. The Labute approximate surface area is 117 Å². The zero-order valence-corrected chi connectivity index (χ0v) is 11.9. The molecule has 0 aromatic carbocycles. The predicted molar refractivity (Wildman–Crippen MR) is 67.0 cm³/mol. The van der Waals surface area contributed by atoms with Crippen LogP contribution >= 0.6 is 0 Å². The molecule has 0 radical (unpaired) electrons. The van der Waals surface area contributed by atoms with E-state index in [0.717, 1.165) is 12.8 Å². The zero-order valence-electron chi connectivity index (χ0n) is 11.9. The molecule has 3 rings (SSSR count). The molecule has 4 atom stereocenters. The number of rotatable bonds is 2. The van der Waals surface area contributed by atoms with Gasteiger partial charge in [-0.15, -0.1) is 0 Å². The molecule has 1 spiro atoms. The smallest absolute Gasteiger partial charge is 0.336 e. The van der Waals surface area contributed by atoms with Crippen LogP contribution in [-0.2, 0) is 19.1 Å². The molecular formula is C14H20O6. The molecular weight excluding hydrogens is 264 g/mol. The average Bonchev–Trinajstić information content (AvgIpc) is 2.87. The fraction of sp³-hybridized carbons (Fsp3) is 0.857. The van der Waals surface area contributed by atoms with Crippen LogP contribution in [0.5, 0.6) is 0 Å². The Kier molecular flexibility index (Phi) is 2.58. The molecule has 3 fully saturated rings. The third kappa shape index (κ3) is 1.36. The van der Waals surface area contributed by atoms with E-state index >= 15 is 0 Å². The van der Waals surface area contributed by atoms with Crippen LogP contribution in [0, 0.1) is 16.7 Å². The molecule has 20 heavy (non-hydrogen) atoms. The van der Waals surface area contributed by atoms with Gasteiger partial charge in [0.2, 0.25) is 0 Å². The lowest BCUT2D eigenvalue weighted by atomic mass is 9.68. The summed E-state index contributed by atoms with van der Waals surface area (Å²) in [5.74, 6) is -3.27. The van der Waals surface area contributed by atoms with Crippen LogP contribution in [0.4, 0.5) is 0 Å². The first-order valence-corrected chi connectivity index (χ1v) is 6.96. The van der Waals surface area contributed by atoms with E-state index in [2.05, 4.69) is 13.8 Å². The van der Waals surface area contributed by atoms with Crippen LogP contribution in [0.2, 0.25) is 0 Å². The number of carbonyl (C=O) groups is 2. The Hall–Kier alpha value is -1.14. The molecule has 2 saturated carbocycles. The maximum Gasteiger partial charge on any atom is 0.336 e. The summed E-state index contributed by atoms with van der Waals surface area (Å²) in [7, 11) is 0. The zero-order chi connectivity index (χ0) is 14.9. The molecule has 1 unspecified atom stereocenters. The van der Waals surface area contributed by atoms with Gasteiger partial charge in [0, 0.05) is 11.8 Å². The Morgan fingerprint density at radius 2 is 1.55 bits per heavy atom. The molecule has 2 N–H and O–H groups in total. The van der Waals surface area contributed by atoms with Crippen molar-refractivity contribution >= 4 is 11.9 Å². The summed E-state index contributed by atoms with van der Waals surface area (Å²) in [5.41, 5.74) is -0.411. The van der Waals surface area contributed by atoms with Gasteiger partial charge in [-0.1, -0.05) is 20.8 Å². The summed E-state index contributed by atoms with van der Waals surface area (Å²) in [6, 6.07) is 0. The summed E-state index contributed by atoms with van der Waals surface area (Å²) in [4.78, 5) is 22.5. The van der Waals surface area contributed by atoms with Gasteiger partial charge in [0.25, 0.3) is 0 Å². The van der Waals surface area contributed by atoms with Gasteiger partial charge >= 0.3 is 11.9 Å². The molecule has 2 bridgehead atoms. The normalized spacial score (nSPS) is 44.0. The van der Waals surface area contributed by atoms with Crippen LogP contribution in [0.3, 0.4) is 0 Å². The fourth-order valence-corrected chi connectivity index (χ4v) is 4.46. The average molecular weight is 284 g/mol. The van der Waals surface area contributed by atoms with Gasteiger partial charge in [0.15, 0.2) is 18.0 Å².